The first-order valence-corrected chi connectivity index (χ1v) is 5.34. The third kappa shape index (κ3) is 6.98. The number of carboxylic acid groups (broad SMARTS) is 1. The standard InChI is InChI=1S/C11H19NO4/c1-7(2)6-9(12-8(3)13)10(14)4-5-11(15)16/h7,9H,4-6H2,1-3H3,(H,12,13)(H,15,16). The van der Waals surface area contributed by atoms with Crippen molar-refractivity contribution in [2.75, 3.05) is 0 Å². The van der Waals surface area contributed by atoms with Crippen LogP contribution in [0, 0.1) is 5.92 Å². The normalized spacial score (nSPS) is 12.2. The van der Waals surface area contributed by atoms with Crippen LogP contribution in [0.5, 0.6) is 0 Å². The monoisotopic (exact) mass is 229 g/mol. The van der Waals surface area contributed by atoms with E-state index in [9.17, 15) is 14.4 Å². The lowest BCUT2D eigenvalue weighted by molar-refractivity contribution is -0.138. The van der Waals surface area contributed by atoms with E-state index in [1.54, 1.807) is 0 Å². The van der Waals surface area contributed by atoms with E-state index in [-0.39, 0.29) is 30.4 Å². The van der Waals surface area contributed by atoms with E-state index in [0.717, 1.165) is 0 Å². The van der Waals surface area contributed by atoms with E-state index in [4.69, 9.17) is 5.11 Å². The lowest BCUT2D eigenvalue weighted by atomic mass is 9.98. The molecular formula is C11H19NO4. The molecule has 0 aliphatic carbocycles. The van der Waals surface area contributed by atoms with Gasteiger partial charge in [-0.3, -0.25) is 14.4 Å². The van der Waals surface area contributed by atoms with Crippen LogP contribution in [0.15, 0.2) is 0 Å². The zero-order chi connectivity index (χ0) is 12.7. The van der Waals surface area contributed by atoms with Gasteiger partial charge in [-0.05, 0) is 12.3 Å². The van der Waals surface area contributed by atoms with Gasteiger partial charge in [0.05, 0.1) is 12.5 Å². The second kappa shape index (κ2) is 6.98. The Morgan fingerprint density at radius 2 is 1.75 bits per heavy atom. The topological polar surface area (TPSA) is 83.5 Å². The Balaban J connectivity index is 4.31. The van der Waals surface area contributed by atoms with Crippen molar-refractivity contribution < 1.29 is 19.5 Å². The minimum absolute atomic E-state index is 0.0347. The number of hydrogen-bond donors (Lipinski definition) is 2. The van der Waals surface area contributed by atoms with Gasteiger partial charge in [-0.15, -0.1) is 0 Å². The number of aliphatic carboxylic acids is 1. The summed E-state index contributed by atoms with van der Waals surface area (Å²) in [5, 5.41) is 11.0. The predicted molar refractivity (Wildman–Crippen MR) is 58.9 cm³/mol. The molecule has 0 aromatic heterocycles. The molecule has 1 unspecified atom stereocenters. The van der Waals surface area contributed by atoms with E-state index < -0.39 is 12.0 Å². The van der Waals surface area contributed by atoms with Gasteiger partial charge in [-0.2, -0.15) is 0 Å². The Morgan fingerprint density at radius 1 is 1.19 bits per heavy atom. The van der Waals surface area contributed by atoms with Crippen LogP contribution in [-0.4, -0.2) is 28.8 Å². The van der Waals surface area contributed by atoms with Gasteiger partial charge in [0.25, 0.3) is 0 Å². The van der Waals surface area contributed by atoms with Crippen molar-refractivity contribution in [3.05, 3.63) is 0 Å². The SMILES string of the molecule is CC(=O)NC(CC(C)C)C(=O)CCC(=O)O. The molecule has 0 radical (unpaired) electrons. The highest BCUT2D eigenvalue weighted by Crippen LogP contribution is 2.08. The summed E-state index contributed by atoms with van der Waals surface area (Å²) in [5.41, 5.74) is 0. The Bertz CT molecular complexity index is 273. The molecule has 0 spiro atoms. The summed E-state index contributed by atoms with van der Waals surface area (Å²) in [6, 6.07) is -0.558. The molecule has 0 fully saturated rings. The van der Waals surface area contributed by atoms with Gasteiger partial charge in [-0.1, -0.05) is 13.8 Å². The number of Topliss-reactive ketones (excluding diaryl/α,β-unsaturated/α-hetero) is 1. The third-order valence-electron chi connectivity index (χ3n) is 2.06. The molecule has 0 bridgehead atoms. The molecule has 2 N–H and O–H groups in total. The van der Waals surface area contributed by atoms with E-state index in [1.807, 2.05) is 13.8 Å². The zero-order valence-electron chi connectivity index (χ0n) is 9.95. The van der Waals surface area contributed by atoms with Crippen molar-refractivity contribution in [1.82, 2.24) is 5.32 Å². The molecule has 0 saturated heterocycles. The van der Waals surface area contributed by atoms with E-state index >= 15 is 0 Å². The maximum atomic E-state index is 11.6. The first-order valence-electron chi connectivity index (χ1n) is 5.34. The molecule has 0 aromatic carbocycles. The Kier molecular flexibility index (Phi) is 6.37. The van der Waals surface area contributed by atoms with Gasteiger partial charge < -0.3 is 10.4 Å². The van der Waals surface area contributed by atoms with Crippen LogP contribution in [0.3, 0.4) is 0 Å². The summed E-state index contributed by atoms with van der Waals surface area (Å²) < 4.78 is 0. The Morgan fingerprint density at radius 3 is 2.12 bits per heavy atom. The number of nitrogens with one attached hydrogen (secondary N) is 1. The van der Waals surface area contributed by atoms with Crippen molar-refractivity contribution in [1.29, 1.82) is 0 Å². The van der Waals surface area contributed by atoms with Gasteiger partial charge in [0, 0.05) is 13.3 Å². The van der Waals surface area contributed by atoms with Crippen molar-refractivity contribution in [3.63, 3.8) is 0 Å². The van der Waals surface area contributed by atoms with Crippen LogP contribution in [0.2, 0.25) is 0 Å². The van der Waals surface area contributed by atoms with Crippen molar-refractivity contribution in [2.24, 2.45) is 5.92 Å². The summed E-state index contributed by atoms with van der Waals surface area (Å²) in [6.07, 6.45) is 0.318. The van der Waals surface area contributed by atoms with Gasteiger partial charge in [0.1, 0.15) is 0 Å². The molecule has 16 heavy (non-hydrogen) atoms. The third-order valence-corrected chi connectivity index (χ3v) is 2.06. The summed E-state index contributed by atoms with van der Waals surface area (Å²) in [6.45, 7) is 5.23. The van der Waals surface area contributed by atoms with E-state index in [0.29, 0.717) is 6.42 Å². The predicted octanol–water partition coefficient (Wildman–Crippen LogP) is 0.971. The summed E-state index contributed by atoms with van der Waals surface area (Å²) >= 11 is 0. The fraction of sp³-hybridized carbons (Fsp3) is 0.727. The summed E-state index contributed by atoms with van der Waals surface area (Å²) in [5.74, 6) is -1.22. The molecule has 0 saturated carbocycles. The highest BCUT2D eigenvalue weighted by Gasteiger charge is 2.20. The van der Waals surface area contributed by atoms with Crippen molar-refractivity contribution in [2.45, 2.75) is 46.1 Å². The molecule has 0 aliphatic rings. The van der Waals surface area contributed by atoms with Gasteiger partial charge in [0.2, 0.25) is 5.91 Å². The Hall–Kier alpha value is -1.39. The van der Waals surface area contributed by atoms with E-state index in [2.05, 4.69) is 5.32 Å². The molecule has 1 amide bonds. The maximum Gasteiger partial charge on any atom is 0.303 e. The number of carbonyl (C=O) groups excluding carboxylic acids is 2. The van der Waals surface area contributed by atoms with E-state index in [1.165, 1.54) is 6.92 Å². The van der Waals surface area contributed by atoms with Gasteiger partial charge in [0.15, 0.2) is 5.78 Å². The van der Waals surface area contributed by atoms with Crippen molar-refractivity contribution >= 4 is 17.7 Å². The molecule has 0 rings (SSSR count). The lowest BCUT2D eigenvalue weighted by Crippen LogP contribution is -2.40. The fourth-order valence-corrected chi connectivity index (χ4v) is 1.39. The molecule has 0 aliphatic heterocycles. The largest absolute Gasteiger partial charge is 0.481 e. The van der Waals surface area contributed by atoms with Crippen LogP contribution >= 0.6 is 0 Å². The van der Waals surface area contributed by atoms with Crippen LogP contribution in [0.4, 0.5) is 0 Å². The zero-order valence-corrected chi connectivity index (χ0v) is 9.95. The number of hydrogen-bond acceptors (Lipinski definition) is 3. The highest BCUT2D eigenvalue weighted by molar-refractivity contribution is 5.90. The van der Waals surface area contributed by atoms with Crippen LogP contribution in [0.1, 0.15) is 40.0 Å². The second-order valence-electron chi connectivity index (χ2n) is 4.24. The number of ketones is 1. The minimum Gasteiger partial charge on any atom is -0.481 e. The molecule has 5 heteroatoms. The second-order valence-corrected chi connectivity index (χ2v) is 4.24. The maximum absolute atomic E-state index is 11.6. The molecule has 0 heterocycles. The van der Waals surface area contributed by atoms with Gasteiger partial charge in [-0.25, -0.2) is 0 Å². The average molecular weight is 229 g/mol. The minimum atomic E-state index is -1.00. The molecule has 5 nitrogen and oxygen atoms in total. The summed E-state index contributed by atoms with van der Waals surface area (Å²) in [7, 11) is 0. The highest BCUT2D eigenvalue weighted by atomic mass is 16.4. The summed E-state index contributed by atoms with van der Waals surface area (Å²) in [4.78, 5) is 32.9. The molecular weight excluding hydrogens is 210 g/mol. The smallest absolute Gasteiger partial charge is 0.303 e. The molecule has 1 atom stereocenters. The molecule has 92 valence electrons. The first-order chi connectivity index (χ1) is 7.32. The number of rotatable bonds is 7. The van der Waals surface area contributed by atoms with Gasteiger partial charge >= 0.3 is 5.97 Å². The number of carboxylic acids is 1. The van der Waals surface area contributed by atoms with Crippen LogP contribution in [-0.2, 0) is 14.4 Å². The number of carbonyl (C=O) groups is 3. The fourth-order valence-electron chi connectivity index (χ4n) is 1.39. The lowest BCUT2D eigenvalue weighted by Gasteiger charge is -2.18. The quantitative estimate of drug-likeness (QED) is 0.681. The molecule has 0 aromatic rings. The average Bonchev–Trinajstić information content (AvgIpc) is 2.11. The first kappa shape index (κ1) is 14.6. The van der Waals surface area contributed by atoms with Crippen LogP contribution in [0.25, 0.3) is 0 Å². The number of amides is 1. The Labute approximate surface area is 95.2 Å². The van der Waals surface area contributed by atoms with Crippen molar-refractivity contribution in [3.8, 4) is 0 Å². The van der Waals surface area contributed by atoms with Crippen LogP contribution < -0.4 is 5.32 Å².